The van der Waals surface area contributed by atoms with Crippen LogP contribution in [0.15, 0.2) is 0 Å². The number of carbonyl (C=O) groups is 3. The van der Waals surface area contributed by atoms with E-state index in [0.717, 1.165) is 6.92 Å². The first-order chi connectivity index (χ1) is 10.9. The standard InChI is InChI=1S/C7H12O4.C6H14O3.C2H4O2/c1-5(11-7(3)9)4-10-6(2)8;1-5(8)4-9-6(2)3-7;1-2(3)4/h5H,4H2,1-3H3;5-8H,3-4H2,1-2H3;1H3,(H,3,4). The molecule has 24 heavy (non-hydrogen) atoms. The molecule has 0 saturated carbocycles. The predicted molar refractivity (Wildman–Crippen MR) is 85.4 cm³/mol. The summed E-state index contributed by atoms with van der Waals surface area (Å²) in [6, 6.07) is 0. The first kappa shape index (κ1) is 27.2. The van der Waals surface area contributed by atoms with Gasteiger partial charge in [0, 0.05) is 20.8 Å². The zero-order valence-corrected chi connectivity index (χ0v) is 15.1. The Kier molecular flexibility index (Phi) is 20.0. The van der Waals surface area contributed by atoms with Gasteiger partial charge in [-0.15, -0.1) is 0 Å². The zero-order chi connectivity index (χ0) is 19.7. The monoisotopic (exact) mass is 354 g/mol. The molecule has 0 amide bonds. The molecule has 0 saturated heterocycles. The lowest BCUT2D eigenvalue weighted by atomic mass is 10.4. The third-order valence-corrected chi connectivity index (χ3v) is 1.77. The molecule has 3 N–H and O–H groups in total. The van der Waals surface area contributed by atoms with Crippen LogP contribution in [0.4, 0.5) is 0 Å². The number of hydrogen-bond acceptors (Lipinski definition) is 8. The van der Waals surface area contributed by atoms with Crippen molar-refractivity contribution in [3.8, 4) is 0 Å². The fourth-order valence-corrected chi connectivity index (χ4v) is 0.908. The number of carbonyl (C=O) groups excluding carboxylic acids is 2. The van der Waals surface area contributed by atoms with Crippen molar-refractivity contribution in [1.82, 2.24) is 0 Å². The van der Waals surface area contributed by atoms with E-state index in [-0.39, 0.29) is 37.4 Å². The number of aliphatic carboxylic acids is 1. The molecule has 0 heterocycles. The summed E-state index contributed by atoms with van der Waals surface area (Å²) < 4.78 is 14.2. The Morgan fingerprint density at radius 3 is 1.67 bits per heavy atom. The van der Waals surface area contributed by atoms with E-state index in [4.69, 9.17) is 24.9 Å². The largest absolute Gasteiger partial charge is 0.481 e. The van der Waals surface area contributed by atoms with Crippen LogP contribution in [0.2, 0.25) is 0 Å². The van der Waals surface area contributed by atoms with Gasteiger partial charge in [0.2, 0.25) is 0 Å². The normalized spacial score (nSPS) is 13.0. The van der Waals surface area contributed by atoms with E-state index in [1.807, 2.05) is 0 Å². The smallest absolute Gasteiger partial charge is 0.303 e. The first-order valence-electron chi connectivity index (χ1n) is 7.32. The van der Waals surface area contributed by atoms with Crippen LogP contribution in [-0.4, -0.2) is 71.4 Å². The average Bonchev–Trinajstić information content (AvgIpc) is 2.41. The van der Waals surface area contributed by atoms with Gasteiger partial charge in [0.15, 0.2) is 0 Å². The van der Waals surface area contributed by atoms with Crippen LogP contribution >= 0.6 is 0 Å². The molecule has 0 aliphatic rings. The highest BCUT2D eigenvalue weighted by atomic mass is 16.6. The summed E-state index contributed by atoms with van der Waals surface area (Å²) in [6.45, 7) is 9.17. The van der Waals surface area contributed by atoms with E-state index in [1.54, 1.807) is 20.8 Å². The highest BCUT2D eigenvalue weighted by Gasteiger charge is 2.06. The van der Waals surface area contributed by atoms with Crippen molar-refractivity contribution in [2.45, 2.75) is 59.9 Å². The van der Waals surface area contributed by atoms with Gasteiger partial charge in [-0.3, -0.25) is 14.4 Å². The number of aliphatic hydroxyl groups excluding tert-OH is 2. The number of carboxylic acids is 1. The van der Waals surface area contributed by atoms with Crippen molar-refractivity contribution < 1.29 is 43.9 Å². The van der Waals surface area contributed by atoms with E-state index < -0.39 is 12.1 Å². The molecule has 0 aromatic heterocycles. The third kappa shape index (κ3) is 37.0. The van der Waals surface area contributed by atoms with E-state index in [9.17, 15) is 9.59 Å². The van der Waals surface area contributed by atoms with Crippen LogP contribution in [0.1, 0.15) is 41.5 Å². The predicted octanol–water partition coefficient (Wildman–Crippen LogP) is 0.357. The van der Waals surface area contributed by atoms with Gasteiger partial charge in [0.25, 0.3) is 5.97 Å². The van der Waals surface area contributed by atoms with Crippen LogP contribution in [0.25, 0.3) is 0 Å². The van der Waals surface area contributed by atoms with Gasteiger partial charge in [0.05, 0.1) is 25.4 Å². The van der Waals surface area contributed by atoms with Crippen LogP contribution in [-0.2, 0) is 28.6 Å². The van der Waals surface area contributed by atoms with Gasteiger partial charge < -0.3 is 29.5 Å². The maximum absolute atomic E-state index is 10.3. The lowest BCUT2D eigenvalue weighted by Gasteiger charge is -2.10. The molecule has 9 nitrogen and oxygen atoms in total. The Balaban J connectivity index is -0.000000305. The van der Waals surface area contributed by atoms with Gasteiger partial charge in [-0.05, 0) is 20.8 Å². The van der Waals surface area contributed by atoms with Crippen LogP contribution in [0, 0.1) is 0 Å². The molecule has 0 aromatic carbocycles. The zero-order valence-electron chi connectivity index (χ0n) is 15.1. The van der Waals surface area contributed by atoms with Gasteiger partial charge in [-0.2, -0.15) is 0 Å². The molecule has 0 radical (unpaired) electrons. The van der Waals surface area contributed by atoms with Crippen molar-refractivity contribution >= 4 is 17.9 Å². The Morgan fingerprint density at radius 2 is 1.38 bits per heavy atom. The SMILES string of the molecule is CC(=O)O.CC(=O)OCC(C)OC(C)=O.CC(O)COC(C)CO. The van der Waals surface area contributed by atoms with E-state index in [1.165, 1.54) is 13.8 Å². The molecular formula is C15H30O9. The minimum atomic E-state index is -0.833. The molecule has 0 aromatic rings. The lowest BCUT2D eigenvalue weighted by Crippen LogP contribution is -2.19. The molecule has 0 aliphatic carbocycles. The summed E-state index contributed by atoms with van der Waals surface area (Å²) in [7, 11) is 0. The van der Waals surface area contributed by atoms with Gasteiger partial charge in [0.1, 0.15) is 12.7 Å². The van der Waals surface area contributed by atoms with Crippen LogP contribution in [0.3, 0.4) is 0 Å². The van der Waals surface area contributed by atoms with E-state index in [2.05, 4.69) is 9.47 Å². The minimum absolute atomic E-state index is 0.00667. The number of hydrogen-bond donors (Lipinski definition) is 3. The quantitative estimate of drug-likeness (QED) is 0.553. The molecule has 0 aliphatic heterocycles. The number of aliphatic hydroxyl groups is 2. The average molecular weight is 354 g/mol. The second-order valence-corrected chi connectivity index (χ2v) is 4.92. The summed E-state index contributed by atoms with van der Waals surface area (Å²) in [5.74, 6) is -1.58. The minimum Gasteiger partial charge on any atom is -0.481 e. The Hall–Kier alpha value is -1.71. The maximum Gasteiger partial charge on any atom is 0.303 e. The molecule has 0 spiro atoms. The number of ether oxygens (including phenoxy) is 3. The topological polar surface area (TPSA) is 140 Å². The molecule has 0 rings (SSSR count). The lowest BCUT2D eigenvalue weighted by molar-refractivity contribution is -0.155. The second-order valence-electron chi connectivity index (χ2n) is 4.92. The summed E-state index contributed by atoms with van der Waals surface area (Å²) in [4.78, 5) is 29.6. The summed E-state index contributed by atoms with van der Waals surface area (Å²) in [6.07, 6.45) is -0.977. The first-order valence-corrected chi connectivity index (χ1v) is 7.32. The van der Waals surface area contributed by atoms with Gasteiger partial charge >= 0.3 is 11.9 Å². The fraction of sp³-hybridized carbons (Fsp3) is 0.800. The Morgan fingerprint density at radius 1 is 0.917 bits per heavy atom. The van der Waals surface area contributed by atoms with Gasteiger partial charge in [-0.1, -0.05) is 0 Å². The van der Waals surface area contributed by atoms with E-state index in [0.29, 0.717) is 6.61 Å². The summed E-state index contributed by atoms with van der Waals surface area (Å²) >= 11 is 0. The second kappa shape index (κ2) is 17.6. The molecule has 0 fully saturated rings. The van der Waals surface area contributed by atoms with Crippen molar-refractivity contribution in [3.05, 3.63) is 0 Å². The maximum atomic E-state index is 10.3. The molecule has 3 atom stereocenters. The highest BCUT2D eigenvalue weighted by molar-refractivity contribution is 5.67. The molecular weight excluding hydrogens is 324 g/mol. The molecule has 144 valence electrons. The number of esters is 2. The highest BCUT2D eigenvalue weighted by Crippen LogP contribution is 1.92. The molecule has 9 heteroatoms. The summed E-state index contributed by atoms with van der Waals surface area (Å²) in [5.41, 5.74) is 0. The fourth-order valence-electron chi connectivity index (χ4n) is 0.908. The molecule has 3 unspecified atom stereocenters. The third-order valence-electron chi connectivity index (χ3n) is 1.77. The Bertz CT molecular complexity index is 338. The summed E-state index contributed by atoms with van der Waals surface area (Å²) in [5, 5.41) is 24.5. The van der Waals surface area contributed by atoms with Crippen LogP contribution < -0.4 is 0 Å². The van der Waals surface area contributed by atoms with Crippen LogP contribution in [0.5, 0.6) is 0 Å². The number of rotatable bonds is 7. The van der Waals surface area contributed by atoms with Crippen molar-refractivity contribution in [1.29, 1.82) is 0 Å². The molecule has 0 bridgehead atoms. The van der Waals surface area contributed by atoms with Crippen molar-refractivity contribution in [3.63, 3.8) is 0 Å². The van der Waals surface area contributed by atoms with Crippen molar-refractivity contribution in [2.24, 2.45) is 0 Å². The van der Waals surface area contributed by atoms with Gasteiger partial charge in [-0.25, -0.2) is 0 Å². The van der Waals surface area contributed by atoms with Crippen molar-refractivity contribution in [2.75, 3.05) is 19.8 Å². The Labute approximate surface area is 142 Å². The van der Waals surface area contributed by atoms with E-state index >= 15 is 0 Å². The number of carboxylic acid groups (broad SMARTS) is 1.